The molecule has 1 aliphatic carbocycles. The number of nitrogens with zero attached hydrogens (tertiary/aromatic N) is 2. The van der Waals surface area contributed by atoms with E-state index in [1.807, 2.05) is 11.9 Å². The number of aromatic nitrogens is 1. The Morgan fingerprint density at radius 3 is 2.91 bits per heavy atom. The van der Waals surface area contributed by atoms with Gasteiger partial charge in [-0.1, -0.05) is 6.07 Å². The highest BCUT2D eigenvalue weighted by Gasteiger charge is 2.36. The second kappa shape index (κ2) is 5.09. The molecule has 0 bridgehead atoms. The third-order valence-corrected chi connectivity index (χ3v) is 5.44. The molecule has 1 aromatic heterocycles. The Morgan fingerprint density at radius 2 is 2.23 bits per heavy atom. The third kappa shape index (κ3) is 2.20. The average molecular weight is 313 g/mol. The summed E-state index contributed by atoms with van der Waals surface area (Å²) in [5.41, 5.74) is 4.56. The first-order valence-electron chi connectivity index (χ1n) is 7.77. The number of anilines is 2. The molecule has 114 valence electrons. The lowest BCUT2D eigenvalue weighted by Gasteiger charge is -2.17. The van der Waals surface area contributed by atoms with E-state index in [2.05, 4.69) is 35.4 Å². The minimum Gasteiger partial charge on any atom is -0.365 e. The molecule has 2 aromatic rings. The summed E-state index contributed by atoms with van der Waals surface area (Å²) in [5.74, 6) is 0.596. The van der Waals surface area contributed by atoms with Gasteiger partial charge < -0.3 is 10.2 Å². The Bertz CT molecular complexity index is 748. The summed E-state index contributed by atoms with van der Waals surface area (Å²) in [6.45, 7) is 2.93. The van der Waals surface area contributed by atoms with Crippen molar-refractivity contribution < 1.29 is 4.79 Å². The minimum absolute atomic E-state index is 0.282. The Balaban J connectivity index is 1.67. The van der Waals surface area contributed by atoms with E-state index in [9.17, 15) is 4.79 Å². The molecule has 1 fully saturated rings. The molecule has 4 nitrogen and oxygen atoms in total. The van der Waals surface area contributed by atoms with Crippen LogP contribution in [0.2, 0.25) is 0 Å². The smallest absolute Gasteiger partial charge is 0.230 e. The molecule has 4 rings (SSSR count). The zero-order valence-corrected chi connectivity index (χ0v) is 13.7. The van der Waals surface area contributed by atoms with Crippen molar-refractivity contribution in [2.75, 3.05) is 23.8 Å². The summed E-state index contributed by atoms with van der Waals surface area (Å²) in [5, 5.41) is 4.05. The maximum absolute atomic E-state index is 12.3. The standard InChI is InChI=1S/C17H19N3OS/c1-10-15(19-17(18-2)22-10)13-5-6-14-12(9-13)7-8-20(14)16(21)11-3-4-11/h5-6,9,11H,3-4,7-8H2,1-2H3,(H,18,19). The number of hydrogen-bond acceptors (Lipinski definition) is 4. The van der Waals surface area contributed by atoms with Crippen LogP contribution in [-0.4, -0.2) is 24.5 Å². The van der Waals surface area contributed by atoms with Gasteiger partial charge in [0.25, 0.3) is 0 Å². The fourth-order valence-electron chi connectivity index (χ4n) is 3.10. The lowest BCUT2D eigenvalue weighted by atomic mass is 10.1. The fraction of sp³-hybridized carbons (Fsp3) is 0.412. The highest BCUT2D eigenvalue weighted by molar-refractivity contribution is 7.15. The van der Waals surface area contributed by atoms with Crippen LogP contribution in [0.1, 0.15) is 23.3 Å². The maximum atomic E-state index is 12.3. The monoisotopic (exact) mass is 313 g/mol. The molecule has 1 aromatic carbocycles. The molecule has 1 saturated carbocycles. The molecule has 5 heteroatoms. The highest BCUT2D eigenvalue weighted by atomic mass is 32.1. The summed E-state index contributed by atoms with van der Waals surface area (Å²) < 4.78 is 0. The summed E-state index contributed by atoms with van der Waals surface area (Å²) in [4.78, 5) is 20.2. The van der Waals surface area contributed by atoms with Crippen molar-refractivity contribution in [3.8, 4) is 11.3 Å². The van der Waals surface area contributed by atoms with E-state index >= 15 is 0 Å². The lowest BCUT2D eigenvalue weighted by Crippen LogP contribution is -2.30. The van der Waals surface area contributed by atoms with E-state index in [0.29, 0.717) is 5.91 Å². The van der Waals surface area contributed by atoms with Crippen molar-refractivity contribution in [2.24, 2.45) is 5.92 Å². The second-order valence-corrected chi connectivity index (χ2v) is 7.23. The molecule has 1 aliphatic heterocycles. The number of amides is 1. The van der Waals surface area contributed by atoms with Crippen molar-refractivity contribution in [2.45, 2.75) is 26.2 Å². The van der Waals surface area contributed by atoms with Crippen molar-refractivity contribution >= 4 is 28.1 Å². The van der Waals surface area contributed by atoms with Gasteiger partial charge in [-0.15, -0.1) is 11.3 Å². The molecule has 0 atom stereocenters. The molecule has 0 saturated heterocycles. The number of carbonyl (C=O) groups excluding carboxylic acids is 1. The quantitative estimate of drug-likeness (QED) is 0.944. The van der Waals surface area contributed by atoms with E-state index in [-0.39, 0.29) is 5.92 Å². The Hall–Kier alpha value is -1.88. The van der Waals surface area contributed by atoms with Crippen LogP contribution in [0.5, 0.6) is 0 Å². The number of fused-ring (bicyclic) bond motifs is 1. The number of thiazole rings is 1. The van der Waals surface area contributed by atoms with Gasteiger partial charge in [-0.3, -0.25) is 4.79 Å². The number of aryl methyl sites for hydroxylation is 1. The summed E-state index contributed by atoms with van der Waals surface area (Å²) >= 11 is 1.67. The van der Waals surface area contributed by atoms with Gasteiger partial charge >= 0.3 is 0 Å². The Kier molecular flexibility index (Phi) is 3.18. The minimum atomic E-state index is 0.282. The molecule has 2 aliphatic rings. The largest absolute Gasteiger partial charge is 0.365 e. The first kappa shape index (κ1) is 13.8. The number of benzene rings is 1. The first-order valence-corrected chi connectivity index (χ1v) is 8.59. The predicted octanol–water partition coefficient (Wildman–Crippen LogP) is 3.46. The van der Waals surface area contributed by atoms with Gasteiger partial charge in [0.2, 0.25) is 5.91 Å². The number of hydrogen-bond donors (Lipinski definition) is 1. The van der Waals surface area contributed by atoms with Gasteiger partial charge in [0, 0.05) is 35.6 Å². The number of rotatable bonds is 3. The fourth-order valence-corrected chi connectivity index (χ4v) is 3.89. The van der Waals surface area contributed by atoms with Crippen molar-refractivity contribution in [3.05, 3.63) is 28.6 Å². The normalized spacial score (nSPS) is 16.7. The van der Waals surface area contributed by atoms with Gasteiger partial charge in [0.1, 0.15) is 0 Å². The molecule has 0 radical (unpaired) electrons. The molecule has 0 spiro atoms. The van der Waals surface area contributed by atoms with Gasteiger partial charge in [-0.2, -0.15) is 0 Å². The van der Waals surface area contributed by atoms with Crippen LogP contribution in [0.4, 0.5) is 10.8 Å². The lowest BCUT2D eigenvalue weighted by molar-refractivity contribution is -0.119. The molecule has 0 unspecified atom stereocenters. The van der Waals surface area contributed by atoms with E-state index in [1.165, 1.54) is 10.4 Å². The van der Waals surface area contributed by atoms with Crippen LogP contribution in [-0.2, 0) is 11.2 Å². The average Bonchev–Trinajstić information content (AvgIpc) is 3.19. The molecule has 1 N–H and O–H groups in total. The topological polar surface area (TPSA) is 45.2 Å². The SMILES string of the molecule is CNc1nc(-c2ccc3c(c2)CCN3C(=O)C2CC2)c(C)s1. The molecule has 22 heavy (non-hydrogen) atoms. The van der Waals surface area contributed by atoms with E-state index in [0.717, 1.165) is 47.9 Å². The zero-order chi connectivity index (χ0) is 15.3. The van der Waals surface area contributed by atoms with E-state index in [4.69, 9.17) is 0 Å². The Morgan fingerprint density at radius 1 is 1.41 bits per heavy atom. The van der Waals surface area contributed by atoms with E-state index < -0.39 is 0 Å². The number of nitrogens with one attached hydrogen (secondary N) is 1. The van der Waals surface area contributed by atoms with E-state index in [1.54, 1.807) is 11.3 Å². The Labute approximate surface area is 134 Å². The molecule has 2 heterocycles. The van der Waals surface area contributed by atoms with Crippen LogP contribution in [0.25, 0.3) is 11.3 Å². The molecule has 1 amide bonds. The zero-order valence-electron chi connectivity index (χ0n) is 12.8. The first-order chi connectivity index (χ1) is 10.7. The summed E-state index contributed by atoms with van der Waals surface area (Å²) in [6.07, 6.45) is 3.07. The second-order valence-electron chi connectivity index (χ2n) is 6.03. The maximum Gasteiger partial charge on any atom is 0.230 e. The van der Waals surface area contributed by atoms with Crippen LogP contribution in [0.3, 0.4) is 0 Å². The van der Waals surface area contributed by atoms with Crippen molar-refractivity contribution in [1.82, 2.24) is 4.98 Å². The van der Waals surface area contributed by atoms with Gasteiger partial charge in [0.05, 0.1) is 5.69 Å². The summed E-state index contributed by atoms with van der Waals surface area (Å²) in [7, 11) is 1.89. The van der Waals surface area contributed by atoms with Crippen molar-refractivity contribution in [1.29, 1.82) is 0 Å². The summed E-state index contributed by atoms with van der Waals surface area (Å²) in [6, 6.07) is 6.39. The highest BCUT2D eigenvalue weighted by Crippen LogP contribution is 2.39. The van der Waals surface area contributed by atoms with Crippen LogP contribution in [0, 0.1) is 12.8 Å². The molecular weight excluding hydrogens is 294 g/mol. The third-order valence-electron chi connectivity index (χ3n) is 4.45. The number of carbonyl (C=O) groups is 1. The van der Waals surface area contributed by atoms with Gasteiger partial charge in [-0.25, -0.2) is 4.98 Å². The van der Waals surface area contributed by atoms with Gasteiger partial charge in [0.15, 0.2) is 5.13 Å². The van der Waals surface area contributed by atoms with Gasteiger partial charge in [-0.05, 0) is 43.9 Å². The van der Waals surface area contributed by atoms with Crippen molar-refractivity contribution in [3.63, 3.8) is 0 Å². The van der Waals surface area contributed by atoms with Crippen LogP contribution < -0.4 is 10.2 Å². The predicted molar refractivity (Wildman–Crippen MR) is 90.6 cm³/mol. The van der Waals surface area contributed by atoms with Crippen LogP contribution >= 0.6 is 11.3 Å². The van der Waals surface area contributed by atoms with Crippen LogP contribution in [0.15, 0.2) is 18.2 Å². The molecular formula is C17H19N3OS.